The summed E-state index contributed by atoms with van der Waals surface area (Å²) in [5, 5.41) is 0. The van der Waals surface area contributed by atoms with Gasteiger partial charge in [-0.15, -0.1) is 0 Å². The second-order valence-electron chi connectivity index (χ2n) is 4.41. The van der Waals surface area contributed by atoms with Crippen LogP contribution in [-0.4, -0.2) is 13.1 Å². The zero-order chi connectivity index (χ0) is 14.5. The van der Waals surface area contributed by atoms with Crippen LogP contribution in [0.25, 0.3) is 0 Å². The molecule has 4 heteroatoms. The quantitative estimate of drug-likeness (QED) is 0.800. The highest BCUT2D eigenvalue weighted by Crippen LogP contribution is 2.14. The average molecular weight is 274 g/mol. The standard InChI is InChI=1S/C16H15FO3/c1-11-3-8-14(15(17)9-11)16(18)20-10-12-4-6-13(19-2)7-5-12/h3-9H,10H2,1-2H3. The lowest BCUT2D eigenvalue weighted by Gasteiger charge is -2.07. The van der Waals surface area contributed by atoms with Crippen LogP contribution in [0.4, 0.5) is 4.39 Å². The first-order valence-corrected chi connectivity index (χ1v) is 6.16. The van der Waals surface area contributed by atoms with Crippen molar-refractivity contribution in [2.24, 2.45) is 0 Å². The molecule has 0 aliphatic heterocycles. The molecule has 0 heterocycles. The molecule has 3 nitrogen and oxygen atoms in total. The van der Waals surface area contributed by atoms with E-state index in [9.17, 15) is 9.18 Å². The Morgan fingerprint density at radius 3 is 2.45 bits per heavy atom. The van der Waals surface area contributed by atoms with Gasteiger partial charge in [-0.05, 0) is 42.3 Å². The van der Waals surface area contributed by atoms with Crippen LogP contribution in [0, 0.1) is 12.7 Å². The Kier molecular flexibility index (Phi) is 4.35. The van der Waals surface area contributed by atoms with E-state index >= 15 is 0 Å². The summed E-state index contributed by atoms with van der Waals surface area (Å²) in [6.07, 6.45) is 0. The fourth-order valence-corrected chi connectivity index (χ4v) is 1.73. The number of aryl methyl sites for hydroxylation is 1. The van der Waals surface area contributed by atoms with Gasteiger partial charge >= 0.3 is 5.97 Å². The number of esters is 1. The van der Waals surface area contributed by atoms with Gasteiger partial charge in [-0.2, -0.15) is 0 Å². The number of hydrogen-bond donors (Lipinski definition) is 0. The summed E-state index contributed by atoms with van der Waals surface area (Å²) in [6, 6.07) is 11.5. The van der Waals surface area contributed by atoms with Crippen LogP contribution in [0.2, 0.25) is 0 Å². The summed E-state index contributed by atoms with van der Waals surface area (Å²) in [5.41, 5.74) is 1.52. The molecule has 0 saturated heterocycles. The van der Waals surface area contributed by atoms with E-state index in [0.29, 0.717) is 0 Å². The molecule has 0 saturated carbocycles. The summed E-state index contributed by atoms with van der Waals surface area (Å²) in [7, 11) is 1.58. The Morgan fingerprint density at radius 2 is 1.85 bits per heavy atom. The van der Waals surface area contributed by atoms with Crippen LogP contribution in [0.3, 0.4) is 0 Å². The number of halogens is 1. The zero-order valence-electron chi connectivity index (χ0n) is 11.4. The van der Waals surface area contributed by atoms with Gasteiger partial charge in [-0.3, -0.25) is 0 Å². The molecule has 0 atom stereocenters. The van der Waals surface area contributed by atoms with Gasteiger partial charge in [0.1, 0.15) is 18.2 Å². The Balaban J connectivity index is 2.00. The average Bonchev–Trinajstić information content (AvgIpc) is 2.45. The SMILES string of the molecule is COc1ccc(COC(=O)c2ccc(C)cc2F)cc1. The predicted octanol–water partition coefficient (Wildman–Crippen LogP) is 3.50. The number of benzene rings is 2. The molecule has 2 aromatic rings. The maximum atomic E-state index is 13.6. The summed E-state index contributed by atoms with van der Waals surface area (Å²) in [4.78, 5) is 11.8. The van der Waals surface area contributed by atoms with Crippen molar-refractivity contribution in [3.05, 3.63) is 65.0 Å². The van der Waals surface area contributed by atoms with Gasteiger partial charge in [0.05, 0.1) is 12.7 Å². The molecule has 0 N–H and O–H groups in total. The van der Waals surface area contributed by atoms with Crippen molar-refractivity contribution in [2.75, 3.05) is 7.11 Å². The first-order chi connectivity index (χ1) is 9.60. The maximum absolute atomic E-state index is 13.6. The van der Waals surface area contributed by atoms with E-state index in [1.54, 1.807) is 44.4 Å². The number of carbonyl (C=O) groups is 1. The predicted molar refractivity (Wildman–Crippen MR) is 73.3 cm³/mol. The summed E-state index contributed by atoms with van der Waals surface area (Å²) >= 11 is 0. The van der Waals surface area contributed by atoms with E-state index in [0.717, 1.165) is 16.9 Å². The van der Waals surface area contributed by atoms with Crippen molar-refractivity contribution in [3.63, 3.8) is 0 Å². The lowest BCUT2D eigenvalue weighted by molar-refractivity contribution is 0.0467. The van der Waals surface area contributed by atoms with Gasteiger partial charge in [0.2, 0.25) is 0 Å². The number of rotatable bonds is 4. The lowest BCUT2D eigenvalue weighted by atomic mass is 10.1. The highest BCUT2D eigenvalue weighted by atomic mass is 19.1. The van der Waals surface area contributed by atoms with Gasteiger partial charge in [0.25, 0.3) is 0 Å². The van der Waals surface area contributed by atoms with Crippen LogP contribution in [0.15, 0.2) is 42.5 Å². The molecule has 20 heavy (non-hydrogen) atoms. The van der Waals surface area contributed by atoms with Crippen molar-refractivity contribution in [1.82, 2.24) is 0 Å². The normalized spacial score (nSPS) is 10.2. The number of ether oxygens (including phenoxy) is 2. The first-order valence-electron chi connectivity index (χ1n) is 6.16. The van der Waals surface area contributed by atoms with Crippen LogP contribution >= 0.6 is 0 Å². The van der Waals surface area contributed by atoms with E-state index in [4.69, 9.17) is 9.47 Å². The molecule has 2 aromatic carbocycles. The molecular formula is C16H15FO3. The molecule has 104 valence electrons. The number of carbonyl (C=O) groups excluding carboxylic acids is 1. The minimum absolute atomic E-state index is 0.0517. The van der Waals surface area contributed by atoms with Gasteiger partial charge in [0, 0.05) is 0 Å². The fraction of sp³-hybridized carbons (Fsp3) is 0.188. The molecule has 0 radical (unpaired) electrons. The Morgan fingerprint density at radius 1 is 1.15 bits per heavy atom. The fourth-order valence-electron chi connectivity index (χ4n) is 1.73. The molecule has 0 spiro atoms. The number of hydrogen-bond acceptors (Lipinski definition) is 3. The van der Waals surface area contributed by atoms with Crippen LogP contribution in [-0.2, 0) is 11.3 Å². The Hall–Kier alpha value is -2.36. The topological polar surface area (TPSA) is 35.5 Å². The molecule has 0 bridgehead atoms. The van der Waals surface area contributed by atoms with E-state index in [-0.39, 0.29) is 12.2 Å². The maximum Gasteiger partial charge on any atom is 0.341 e. The zero-order valence-corrected chi connectivity index (χ0v) is 11.4. The molecule has 0 unspecified atom stereocenters. The highest BCUT2D eigenvalue weighted by molar-refractivity contribution is 5.89. The third kappa shape index (κ3) is 3.35. The largest absolute Gasteiger partial charge is 0.497 e. The molecule has 0 amide bonds. The third-order valence-electron chi connectivity index (χ3n) is 2.87. The van der Waals surface area contributed by atoms with E-state index < -0.39 is 11.8 Å². The first kappa shape index (κ1) is 14.1. The van der Waals surface area contributed by atoms with Crippen molar-refractivity contribution in [1.29, 1.82) is 0 Å². The molecular weight excluding hydrogens is 259 g/mol. The van der Waals surface area contributed by atoms with Crippen LogP contribution < -0.4 is 4.74 Å². The smallest absolute Gasteiger partial charge is 0.341 e. The highest BCUT2D eigenvalue weighted by Gasteiger charge is 2.13. The molecule has 0 aromatic heterocycles. The minimum Gasteiger partial charge on any atom is -0.497 e. The van der Waals surface area contributed by atoms with Crippen molar-refractivity contribution in [2.45, 2.75) is 13.5 Å². The Bertz CT molecular complexity index is 606. The molecule has 2 rings (SSSR count). The summed E-state index contributed by atoms with van der Waals surface area (Å²) < 4.78 is 23.7. The molecule has 0 fully saturated rings. The molecule has 0 aliphatic carbocycles. The second kappa shape index (κ2) is 6.19. The minimum atomic E-state index is -0.668. The van der Waals surface area contributed by atoms with Gasteiger partial charge in [-0.1, -0.05) is 18.2 Å². The Labute approximate surface area is 117 Å². The van der Waals surface area contributed by atoms with Crippen molar-refractivity contribution in [3.8, 4) is 5.75 Å². The van der Waals surface area contributed by atoms with Crippen molar-refractivity contribution < 1.29 is 18.7 Å². The van der Waals surface area contributed by atoms with Crippen LogP contribution in [0.5, 0.6) is 5.75 Å². The molecule has 0 aliphatic rings. The number of methoxy groups -OCH3 is 1. The monoisotopic (exact) mass is 274 g/mol. The van der Waals surface area contributed by atoms with E-state index in [2.05, 4.69) is 0 Å². The van der Waals surface area contributed by atoms with E-state index in [1.807, 2.05) is 0 Å². The van der Waals surface area contributed by atoms with Gasteiger partial charge < -0.3 is 9.47 Å². The lowest BCUT2D eigenvalue weighted by Crippen LogP contribution is -2.07. The second-order valence-corrected chi connectivity index (χ2v) is 4.41. The van der Waals surface area contributed by atoms with Gasteiger partial charge in [-0.25, -0.2) is 9.18 Å². The summed E-state index contributed by atoms with van der Waals surface area (Å²) in [5.74, 6) is -0.507. The van der Waals surface area contributed by atoms with Crippen molar-refractivity contribution >= 4 is 5.97 Å². The van der Waals surface area contributed by atoms with Gasteiger partial charge in [0.15, 0.2) is 0 Å². The third-order valence-corrected chi connectivity index (χ3v) is 2.87. The summed E-state index contributed by atoms with van der Waals surface area (Å²) in [6.45, 7) is 1.85. The van der Waals surface area contributed by atoms with Crippen LogP contribution in [0.1, 0.15) is 21.5 Å². The van der Waals surface area contributed by atoms with E-state index in [1.165, 1.54) is 12.1 Å².